The number of hydrogen-bond acceptors (Lipinski definition) is 5. The van der Waals surface area contributed by atoms with Crippen molar-refractivity contribution in [2.24, 2.45) is 5.92 Å². The van der Waals surface area contributed by atoms with Gasteiger partial charge in [-0.3, -0.25) is 9.69 Å². The van der Waals surface area contributed by atoms with Gasteiger partial charge in [0.15, 0.2) is 17.4 Å². The first-order valence-electron chi connectivity index (χ1n) is 10.9. The van der Waals surface area contributed by atoms with Gasteiger partial charge in [0.05, 0.1) is 6.54 Å². The number of benzene rings is 1. The highest BCUT2D eigenvalue weighted by Gasteiger charge is 2.32. The van der Waals surface area contributed by atoms with Crippen molar-refractivity contribution in [3.63, 3.8) is 0 Å². The minimum absolute atomic E-state index is 0.0414. The van der Waals surface area contributed by atoms with Gasteiger partial charge in [-0.2, -0.15) is 0 Å². The fourth-order valence-electron chi connectivity index (χ4n) is 4.41. The predicted octanol–water partition coefficient (Wildman–Crippen LogP) is 3.47. The fourth-order valence-corrected chi connectivity index (χ4v) is 4.41. The van der Waals surface area contributed by atoms with Gasteiger partial charge < -0.3 is 19.2 Å². The van der Waals surface area contributed by atoms with Gasteiger partial charge in [-0.1, -0.05) is 0 Å². The first-order chi connectivity index (χ1) is 15.4. The van der Waals surface area contributed by atoms with Gasteiger partial charge >= 0.3 is 0 Å². The van der Waals surface area contributed by atoms with Crippen molar-refractivity contribution < 1.29 is 32.2 Å². The van der Waals surface area contributed by atoms with E-state index in [1.807, 2.05) is 6.07 Å². The summed E-state index contributed by atoms with van der Waals surface area (Å²) in [6, 6.07) is 4.82. The first kappa shape index (κ1) is 22.7. The molecule has 9 heteroatoms. The average Bonchev–Trinajstić information content (AvgIpc) is 3.24. The summed E-state index contributed by atoms with van der Waals surface area (Å²) in [5.41, 5.74) is 0. The topological polar surface area (TPSA) is 66.2 Å². The Morgan fingerprint density at radius 3 is 2.22 bits per heavy atom. The van der Waals surface area contributed by atoms with Gasteiger partial charge in [0.1, 0.15) is 30.0 Å². The molecule has 2 aliphatic heterocycles. The molecule has 0 saturated carbocycles. The highest BCUT2D eigenvalue weighted by Crippen LogP contribution is 2.28. The zero-order valence-electron chi connectivity index (χ0n) is 17.7. The van der Waals surface area contributed by atoms with Crippen molar-refractivity contribution >= 4 is 5.91 Å². The minimum atomic E-state index is -1.06. The quantitative estimate of drug-likeness (QED) is 0.727. The number of carbonyl (C=O) groups excluding carboxylic acids is 1. The molecular weight excluding hydrogens is 425 g/mol. The first-order valence-corrected chi connectivity index (χ1v) is 10.9. The van der Waals surface area contributed by atoms with E-state index in [1.54, 1.807) is 11.0 Å². The van der Waals surface area contributed by atoms with Crippen LogP contribution >= 0.6 is 0 Å². The second-order valence-electron chi connectivity index (χ2n) is 8.42. The van der Waals surface area contributed by atoms with Crippen LogP contribution in [0, 0.1) is 23.4 Å². The molecule has 0 atom stereocenters. The predicted molar refractivity (Wildman–Crippen MR) is 109 cm³/mol. The minimum Gasteiger partial charge on any atom is -0.484 e. The summed E-state index contributed by atoms with van der Waals surface area (Å²) in [7, 11) is 0. The molecule has 4 rings (SSSR count). The highest BCUT2D eigenvalue weighted by molar-refractivity contribution is 5.79. The Labute approximate surface area is 184 Å². The summed E-state index contributed by atoms with van der Waals surface area (Å²) in [4.78, 5) is 17.0. The number of likely N-dealkylation sites (tertiary alicyclic amines) is 2. The maximum absolute atomic E-state index is 13.8. The van der Waals surface area contributed by atoms with Crippen LogP contribution in [0.15, 0.2) is 28.7 Å². The van der Waals surface area contributed by atoms with Crippen molar-refractivity contribution in [2.75, 3.05) is 26.2 Å². The molecule has 2 saturated heterocycles. The average molecular weight is 452 g/mol. The van der Waals surface area contributed by atoms with Gasteiger partial charge in [-0.25, -0.2) is 13.2 Å². The molecule has 2 aliphatic rings. The van der Waals surface area contributed by atoms with E-state index in [4.69, 9.17) is 14.3 Å². The largest absolute Gasteiger partial charge is 0.484 e. The molecule has 1 amide bonds. The molecule has 3 heterocycles. The number of piperidine rings is 2. The third-order valence-corrected chi connectivity index (χ3v) is 6.19. The van der Waals surface area contributed by atoms with Gasteiger partial charge in [-0.05, 0) is 38.1 Å². The van der Waals surface area contributed by atoms with E-state index in [-0.39, 0.29) is 18.4 Å². The maximum Gasteiger partial charge on any atom is 0.225 e. The number of carbonyl (C=O) groups is 1. The Morgan fingerprint density at radius 2 is 1.62 bits per heavy atom. The molecule has 32 heavy (non-hydrogen) atoms. The lowest BCUT2D eigenvalue weighted by Gasteiger charge is -2.37. The second kappa shape index (κ2) is 9.95. The second-order valence-corrected chi connectivity index (χ2v) is 8.42. The summed E-state index contributed by atoms with van der Waals surface area (Å²) in [5.74, 6) is -2.26. The van der Waals surface area contributed by atoms with E-state index in [1.165, 1.54) is 0 Å². The van der Waals surface area contributed by atoms with Crippen molar-refractivity contribution in [3.8, 4) is 5.75 Å². The number of nitrogens with zero attached hydrogens (tertiary/aromatic N) is 2. The lowest BCUT2D eigenvalue weighted by molar-refractivity contribution is -0.139. The molecule has 1 aromatic heterocycles. The molecule has 0 spiro atoms. The van der Waals surface area contributed by atoms with Crippen molar-refractivity contribution in [1.29, 1.82) is 0 Å². The van der Waals surface area contributed by atoms with Crippen LogP contribution < -0.4 is 4.74 Å². The normalized spacial score (nSPS) is 18.8. The van der Waals surface area contributed by atoms with Crippen LogP contribution in [0.4, 0.5) is 13.2 Å². The molecule has 0 aliphatic carbocycles. The Morgan fingerprint density at radius 1 is 1.00 bits per heavy atom. The standard InChI is InChI=1S/C23H27F3N2O4/c24-16-11-20(25)22(21(26)12-16)32-17-5-9-28(10-6-17)23(30)15-3-7-27(8-4-15)13-18-1-2-19(14-29)31-18/h1-2,11-12,15,17,29H,3-10,13-14H2. The number of ether oxygens (including phenoxy) is 1. The number of rotatable bonds is 6. The Balaban J connectivity index is 1.23. The Kier molecular flexibility index (Phi) is 7.05. The summed E-state index contributed by atoms with van der Waals surface area (Å²) >= 11 is 0. The number of furan rings is 1. The molecular formula is C23H27F3N2O4. The number of amides is 1. The van der Waals surface area contributed by atoms with E-state index in [2.05, 4.69) is 4.90 Å². The van der Waals surface area contributed by atoms with Crippen LogP contribution in [0.25, 0.3) is 0 Å². The van der Waals surface area contributed by atoms with E-state index >= 15 is 0 Å². The summed E-state index contributed by atoms with van der Waals surface area (Å²) in [5, 5.41) is 9.10. The molecule has 1 N–H and O–H groups in total. The van der Waals surface area contributed by atoms with Crippen LogP contribution in [0.5, 0.6) is 5.75 Å². The van der Waals surface area contributed by atoms with E-state index in [9.17, 15) is 18.0 Å². The fraction of sp³-hybridized carbons (Fsp3) is 0.522. The van der Waals surface area contributed by atoms with Crippen molar-refractivity contribution in [1.82, 2.24) is 9.80 Å². The van der Waals surface area contributed by atoms with Crippen LogP contribution in [-0.4, -0.2) is 53.1 Å². The summed E-state index contributed by atoms with van der Waals surface area (Å²) < 4.78 is 51.7. The van der Waals surface area contributed by atoms with E-state index < -0.39 is 29.3 Å². The number of halogens is 3. The number of aliphatic hydroxyl groups is 1. The SMILES string of the molecule is O=C(C1CCN(Cc2ccc(CO)o2)CC1)N1CCC(Oc2c(F)cc(F)cc2F)CC1. The lowest BCUT2D eigenvalue weighted by atomic mass is 9.94. The van der Waals surface area contributed by atoms with Crippen LogP contribution in [0.2, 0.25) is 0 Å². The molecule has 2 fully saturated rings. The van der Waals surface area contributed by atoms with Gasteiger partial charge in [-0.15, -0.1) is 0 Å². The van der Waals surface area contributed by atoms with Crippen molar-refractivity contribution in [3.05, 3.63) is 53.2 Å². The zero-order valence-corrected chi connectivity index (χ0v) is 17.7. The van der Waals surface area contributed by atoms with E-state index in [0.29, 0.717) is 50.4 Å². The third-order valence-electron chi connectivity index (χ3n) is 6.19. The molecule has 0 radical (unpaired) electrons. The van der Waals surface area contributed by atoms with Gasteiger partial charge in [0.2, 0.25) is 5.91 Å². The molecule has 1 aromatic carbocycles. The van der Waals surface area contributed by atoms with E-state index in [0.717, 1.165) is 31.7 Å². The molecule has 6 nitrogen and oxygen atoms in total. The zero-order chi connectivity index (χ0) is 22.7. The molecule has 0 unspecified atom stereocenters. The monoisotopic (exact) mass is 452 g/mol. The number of aliphatic hydroxyl groups excluding tert-OH is 1. The molecule has 0 bridgehead atoms. The lowest BCUT2D eigenvalue weighted by Crippen LogP contribution is -2.47. The summed E-state index contributed by atoms with van der Waals surface area (Å²) in [6.45, 7) is 3.03. The van der Waals surface area contributed by atoms with Gasteiger partial charge in [0.25, 0.3) is 0 Å². The Hall–Kier alpha value is -2.52. The summed E-state index contributed by atoms with van der Waals surface area (Å²) in [6.07, 6.45) is 2.02. The maximum atomic E-state index is 13.8. The van der Waals surface area contributed by atoms with Crippen LogP contribution in [0.3, 0.4) is 0 Å². The van der Waals surface area contributed by atoms with Crippen LogP contribution in [0.1, 0.15) is 37.2 Å². The highest BCUT2D eigenvalue weighted by atomic mass is 19.1. The smallest absolute Gasteiger partial charge is 0.225 e. The van der Waals surface area contributed by atoms with Gasteiger partial charge in [0, 0.05) is 44.0 Å². The molecule has 174 valence electrons. The van der Waals surface area contributed by atoms with Crippen molar-refractivity contribution in [2.45, 2.75) is 44.9 Å². The van der Waals surface area contributed by atoms with Crippen LogP contribution in [-0.2, 0) is 17.9 Å². The Bertz CT molecular complexity index is 912. The number of hydrogen-bond donors (Lipinski definition) is 1. The third kappa shape index (κ3) is 5.27. The molecule has 2 aromatic rings.